The van der Waals surface area contributed by atoms with Crippen LogP contribution in [-0.4, -0.2) is 35.6 Å². The average molecular weight is 481 g/mol. The fourth-order valence-corrected chi connectivity index (χ4v) is 3.80. The molecular formula is C19H13BrClN2O4S-. The van der Waals surface area contributed by atoms with Crippen LogP contribution in [0.2, 0.25) is 5.02 Å². The molecule has 0 bridgehead atoms. The highest BCUT2D eigenvalue weighted by molar-refractivity contribution is 9.10. The molecule has 1 saturated heterocycles. The van der Waals surface area contributed by atoms with Crippen LogP contribution in [0, 0.1) is 0 Å². The maximum Gasteiger partial charge on any atom is 0.266 e. The van der Waals surface area contributed by atoms with Crippen molar-refractivity contribution in [2.24, 2.45) is 4.99 Å². The number of thioether (sulfide) groups is 1. The number of hydrogen-bond acceptors (Lipinski definition) is 6. The van der Waals surface area contributed by atoms with Crippen LogP contribution in [0.4, 0.5) is 5.69 Å². The van der Waals surface area contributed by atoms with E-state index in [1.54, 1.807) is 55.6 Å². The van der Waals surface area contributed by atoms with Crippen LogP contribution in [0.5, 0.6) is 5.75 Å². The number of amidine groups is 1. The number of carboxylic acid groups (broad SMARTS) is 1. The normalized spacial score (nSPS) is 16.8. The van der Waals surface area contributed by atoms with Gasteiger partial charge in [-0.1, -0.05) is 27.5 Å². The Morgan fingerprint density at radius 2 is 2.04 bits per heavy atom. The first-order valence-electron chi connectivity index (χ1n) is 7.97. The number of halogens is 2. The van der Waals surface area contributed by atoms with Crippen LogP contribution in [0.15, 0.2) is 56.8 Å². The zero-order chi connectivity index (χ0) is 20.3. The predicted molar refractivity (Wildman–Crippen MR) is 112 cm³/mol. The van der Waals surface area contributed by atoms with Crippen LogP contribution in [0.1, 0.15) is 5.56 Å². The Balaban J connectivity index is 1.90. The van der Waals surface area contributed by atoms with Crippen LogP contribution in [0.3, 0.4) is 0 Å². The van der Waals surface area contributed by atoms with Gasteiger partial charge in [0, 0.05) is 22.1 Å². The van der Waals surface area contributed by atoms with Crippen molar-refractivity contribution < 1.29 is 19.4 Å². The van der Waals surface area contributed by atoms with Crippen molar-refractivity contribution >= 4 is 68.1 Å². The smallest absolute Gasteiger partial charge is 0.266 e. The van der Waals surface area contributed by atoms with E-state index in [1.807, 2.05) is 0 Å². The summed E-state index contributed by atoms with van der Waals surface area (Å²) in [6.45, 7) is -0.581. The minimum absolute atomic E-state index is 0.219. The molecule has 0 N–H and O–H groups in total. The van der Waals surface area contributed by atoms with Gasteiger partial charge in [0.05, 0.1) is 16.6 Å². The minimum Gasteiger partial charge on any atom is -0.546 e. The molecule has 1 aliphatic heterocycles. The molecule has 0 aliphatic carbocycles. The number of amides is 1. The summed E-state index contributed by atoms with van der Waals surface area (Å²) in [5, 5.41) is 11.8. The zero-order valence-corrected chi connectivity index (χ0v) is 17.7. The standard InChI is InChI=1S/C19H14BrClN2O4S/c1-23-18(26)16(28-19(23)22-14-5-3-13(21)4-6-14)9-11-8-12(20)2-7-15(11)27-10-17(24)25/h2-9H,10H2,1H3,(H,24,25)/p-1/b16-9-,22-19?. The fraction of sp³-hybridized carbons (Fsp3) is 0.105. The van der Waals surface area contributed by atoms with Gasteiger partial charge in [-0.3, -0.25) is 9.69 Å². The van der Waals surface area contributed by atoms with Crippen molar-refractivity contribution in [1.29, 1.82) is 0 Å². The summed E-state index contributed by atoms with van der Waals surface area (Å²) >= 11 is 10.5. The molecule has 1 heterocycles. The number of carboxylic acids is 1. The molecule has 144 valence electrons. The first-order chi connectivity index (χ1) is 13.3. The van der Waals surface area contributed by atoms with Gasteiger partial charge >= 0.3 is 0 Å². The number of rotatable bonds is 5. The van der Waals surface area contributed by atoms with E-state index >= 15 is 0 Å². The third-order valence-electron chi connectivity index (χ3n) is 3.66. The Morgan fingerprint density at radius 3 is 2.71 bits per heavy atom. The second-order valence-electron chi connectivity index (χ2n) is 5.69. The molecule has 1 amide bonds. The average Bonchev–Trinajstić information content (AvgIpc) is 2.91. The summed E-state index contributed by atoms with van der Waals surface area (Å²) < 4.78 is 6.02. The number of aliphatic imine (C=N–C) groups is 1. The summed E-state index contributed by atoms with van der Waals surface area (Å²) in [5.74, 6) is -1.22. The molecule has 0 aromatic heterocycles. The lowest BCUT2D eigenvalue weighted by molar-refractivity contribution is -0.307. The van der Waals surface area contributed by atoms with E-state index < -0.39 is 12.6 Å². The van der Waals surface area contributed by atoms with Crippen LogP contribution in [-0.2, 0) is 9.59 Å². The number of ether oxygens (including phenoxy) is 1. The Kier molecular flexibility index (Phi) is 6.43. The van der Waals surface area contributed by atoms with E-state index in [1.165, 1.54) is 16.7 Å². The molecule has 3 rings (SSSR count). The summed E-state index contributed by atoms with van der Waals surface area (Å²) in [6.07, 6.45) is 1.64. The summed E-state index contributed by atoms with van der Waals surface area (Å²) in [5.41, 5.74) is 1.24. The lowest BCUT2D eigenvalue weighted by Crippen LogP contribution is -2.29. The van der Waals surface area contributed by atoms with Crippen LogP contribution < -0.4 is 9.84 Å². The number of likely N-dealkylation sites (N-methyl/N-ethyl adjacent to an activating group) is 1. The molecule has 28 heavy (non-hydrogen) atoms. The number of carbonyl (C=O) groups excluding carboxylic acids is 2. The summed E-state index contributed by atoms with van der Waals surface area (Å²) in [4.78, 5) is 29.6. The SMILES string of the molecule is CN1C(=O)/C(=C/c2cc(Br)ccc2OCC(=O)[O-])SC1=Nc1ccc(Cl)cc1. The maximum atomic E-state index is 12.6. The monoisotopic (exact) mass is 479 g/mol. The van der Waals surface area contributed by atoms with E-state index in [-0.39, 0.29) is 5.91 Å². The third-order valence-corrected chi connectivity index (χ3v) is 5.46. The van der Waals surface area contributed by atoms with E-state index in [4.69, 9.17) is 16.3 Å². The molecule has 2 aromatic carbocycles. The van der Waals surface area contributed by atoms with E-state index in [0.717, 1.165) is 4.47 Å². The number of aliphatic carboxylic acids is 1. The zero-order valence-electron chi connectivity index (χ0n) is 14.5. The Hall–Kier alpha value is -2.29. The van der Waals surface area contributed by atoms with E-state index in [2.05, 4.69) is 20.9 Å². The van der Waals surface area contributed by atoms with Gasteiger partial charge in [0.25, 0.3) is 5.91 Å². The quantitative estimate of drug-likeness (QED) is 0.612. The molecule has 2 aromatic rings. The summed E-state index contributed by atoms with van der Waals surface area (Å²) in [7, 11) is 1.64. The lowest BCUT2D eigenvalue weighted by Gasteiger charge is -2.10. The second kappa shape index (κ2) is 8.81. The fourth-order valence-electron chi connectivity index (χ4n) is 2.32. The molecule has 9 heteroatoms. The van der Waals surface area contributed by atoms with Crippen molar-refractivity contribution in [3.05, 3.63) is 62.4 Å². The molecule has 0 unspecified atom stereocenters. The van der Waals surface area contributed by atoms with Crippen molar-refractivity contribution in [1.82, 2.24) is 4.90 Å². The van der Waals surface area contributed by atoms with Gasteiger partial charge in [-0.05, 0) is 60.3 Å². The second-order valence-corrected chi connectivity index (χ2v) is 8.05. The highest BCUT2D eigenvalue weighted by atomic mass is 79.9. The van der Waals surface area contributed by atoms with Gasteiger partial charge < -0.3 is 14.6 Å². The molecular weight excluding hydrogens is 468 g/mol. The molecule has 1 aliphatic rings. The van der Waals surface area contributed by atoms with Crippen LogP contribution in [0.25, 0.3) is 6.08 Å². The number of nitrogens with zero attached hydrogens (tertiary/aromatic N) is 2. The topological polar surface area (TPSA) is 82.0 Å². The van der Waals surface area contributed by atoms with Gasteiger partial charge in [0.2, 0.25) is 0 Å². The number of hydrogen-bond donors (Lipinski definition) is 0. The predicted octanol–water partition coefficient (Wildman–Crippen LogP) is 3.47. The first kappa shape index (κ1) is 20.4. The molecule has 0 spiro atoms. The van der Waals surface area contributed by atoms with Crippen molar-refractivity contribution in [2.45, 2.75) is 0 Å². The van der Waals surface area contributed by atoms with Gasteiger partial charge in [-0.2, -0.15) is 0 Å². The van der Waals surface area contributed by atoms with Crippen molar-refractivity contribution in [3.8, 4) is 5.75 Å². The first-order valence-corrected chi connectivity index (χ1v) is 9.96. The minimum atomic E-state index is -1.33. The highest BCUT2D eigenvalue weighted by Gasteiger charge is 2.30. The van der Waals surface area contributed by atoms with E-state index in [9.17, 15) is 14.7 Å². The van der Waals surface area contributed by atoms with Gasteiger partial charge in [-0.25, -0.2) is 4.99 Å². The van der Waals surface area contributed by atoms with Crippen molar-refractivity contribution in [2.75, 3.05) is 13.7 Å². The van der Waals surface area contributed by atoms with Gasteiger partial charge in [0.15, 0.2) is 5.17 Å². The Morgan fingerprint density at radius 1 is 1.32 bits per heavy atom. The number of benzene rings is 2. The summed E-state index contributed by atoms with van der Waals surface area (Å²) in [6, 6.07) is 12.0. The molecule has 6 nitrogen and oxygen atoms in total. The maximum absolute atomic E-state index is 12.6. The van der Waals surface area contributed by atoms with Crippen LogP contribution >= 0.6 is 39.3 Å². The largest absolute Gasteiger partial charge is 0.546 e. The molecule has 0 atom stereocenters. The van der Waals surface area contributed by atoms with Gasteiger partial charge in [0.1, 0.15) is 12.4 Å². The Bertz CT molecular complexity index is 992. The molecule has 1 fully saturated rings. The lowest BCUT2D eigenvalue weighted by atomic mass is 10.2. The molecule has 0 saturated carbocycles. The highest BCUT2D eigenvalue weighted by Crippen LogP contribution is 2.35. The van der Waals surface area contributed by atoms with Gasteiger partial charge in [-0.15, -0.1) is 0 Å². The van der Waals surface area contributed by atoms with E-state index in [0.29, 0.717) is 32.1 Å². The number of carbonyl (C=O) groups is 2. The molecule has 0 radical (unpaired) electrons. The van der Waals surface area contributed by atoms with Crippen molar-refractivity contribution in [3.63, 3.8) is 0 Å². The Labute approximate surface area is 179 Å². The third kappa shape index (κ3) is 4.95.